The van der Waals surface area contributed by atoms with Crippen LogP contribution < -0.4 is 11.1 Å². The molecule has 3 aliphatic rings. The van der Waals surface area contributed by atoms with Crippen LogP contribution in [0.15, 0.2) is 0 Å². The van der Waals surface area contributed by atoms with Gasteiger partial charge in [-0.3, -0.25) is 4.79 Å². The fourth-order valence-electron chi connectivity index (χ4n) is 4.64. The van der Waals surface area contributed by atoms with Crippen molar-refractivity contribution in [1.29, 1.82) is 0 Å². The van der Waals surface area contributed by atoms with Crippen molar-refractivity contribution in [3.8, 4) is 0 Å². The second kappa shape index (κ2) is 6.02. The molecule has 4 nitrogen and oxygen atoms in total. The number of fused-ring (bicyclic) bond motifs is 2. The van der Waals surface area contributed by atoms with Crippen LogP contribution in [0.1, 0.15) is 45.4 Å². The lowest BCUT2D eigenvalue weighted by Crippen LogP contribution is -2.50. The molecule has 0 spiro atoms. The molecule has 0 radical (unpaired) electrons. The molecule has 114 valence electrons. The lowest BCUT2D eigenvalue weighted by atomic mass is 9.84. The topological polar surface area (TPSA) is 58.4 Å². The Balaban J connectivity index is 1.48. The zero-order chi connectivity index (χ0) is 14.1. The average Bonchev–Trinajstić information content (AvgIpc) is 3.00. The largest absolute Gasteiger partial charge is 0.352 e. The minimum atomic E-state index is 0.0811. The van der Waals surface area contributed by atoms with Gasteiger partial charge in [-0.1, -0.05) is 6.42 Å². The van der Waals surface area contributed by atoms with Crippen LogP contribution in [-0.4, -0.2) is 42.5 Å². The summed E-state index contributed by atoms with van der Waals surface area (Å²) in [5.74, 6) is 1.46. The smallest absolute Gasteiger partial charge is 0.225 e. The van der Waals surface area contributed by atoms with Gasteiger partial charge < -0.3 is 16.0 Å². The van der Waals surface area contributed by atoms with Crippen molar-refractivity contribution in [2.24, 2.45) is 23.5 Å². The predicted molar refractivity (Wildman–Crippen MR) is 80.2 cm³/mol. The van der Waals surface area contributed by atoms with E-state index in [1.165, 1.54) is 51.6 Å². The molecule has 3 rings (SSSR count). The predicted octanol–water partition coefficient (Wildman–Crippen LogP) is 1.35. The molecule has 1 saturated heterocycles. The number of nitrogens with zero attached hydrogens (tertiary/aromatic N) is 1. The molecule has 5 unspecified atom stereocenters. The Kier molecular flexibility index (Phi) is 4.32. The minimum Gasteiger partial charge on any atom is -0.352 e. The Labute approximate surface area is 122 Å². The fraction of sp³-hybridized carbons (Fsp3) is 0.938. The van der Waals surface area contributed by atoms with Gasteiger partial charge in [0, 0.05) is 18.6 Å². The van der Waals surface area contributed by atoms with Crippen molar-refractivity contribution in [3.05, 3.63) is 0 Å². The van der Waals surface area contributed by atoms with Crippen LogP contribution in [0.5, 0.6) is 0 Å². The Morgan fingerprint density at radius 3 is 2.60 bits per heavy atom. The molecule has 1 heterocycles. The molecule has 0 aromatic carbocycles. The first kappa shape index (κ1) is 14.3. The van der Waals surface area contributed by atoms with Gasteiger partial charge in [-0.2, -0.15) is 0 Å². The molecular weight excluding hydrogens is 250 g/mol. The molecule has 4 heteroatoms. The summed E-state index contributed by atoms with van der Waals surface area (Å²) in [6.45, 7) is 5.49. The number of piperidine rings is 1. The molecule has 1 amide bonds. The molecule has 2 bridgehead atoms. The van der Waals surface area contributed by atoms with Gasteiger partial charge in [0.15, 0.2) is 0 Å². The van der Waals surface area contributed by atoms with Crippen molar-refractivity contribution >= 4 is 5.91 Å². The lowest BCUT2D eigenvalue weighted by Gasteiger charge is -2.32. The van der Waals surface area contributed by atoms with E-state index >= 15 is 0 Å². The normalized spacial score (nSPS) is 38.9. The molecule has 3 fully saturated rings. The summed E-state index contributed by atoms with van der Waals surface area (Å²) < 4.78 is 0. The number of likely N-dealkylation sites (tertiary alicyclic amines) is 1. The maximum Gasteiger partial charge on any atom is 0.225 e. The summed E-state index contributed by atoms with van der Waals surface area (Å²) in [4.78, 5) is 15.0. The number of carbonyl (C=O) groups is 1. The summed E-state index contributed by atoms with van der Waals surface area (Å²) in [7, 11) is 0. The van der Waals surface area contributed by atoms with Gasteiger partial charge in [0.05, 0.1) is 5.92 Å². The van der Waals surface area contributed by atoms with Crippen molar-refractivity contribution < 1.29 is 4.79 Å². The van der Waals surface area contributed by atoms with Gasteiger partial charge in [0.25, 0.3) is 0 Å². The van der Waals surface area contributed by atoms with E-state index in [4.69, 9.17) is 5.73 Å². The molecule has 20 heavy (non-hydrogen) atoms. The number of hydrogen-bond acceptors (Lipinski definition) is 3. The highest BCUT2D eigenvalue weighted by atomic mass is 16.2. The molecule has 1 aliphatic heterocycles. The van der Waals surface area contributed by atoms with E-state index < -0.39 is 0 Å². The zero-order valence-corrected chi connectivity index (χ0v) is 12.7. The number of amides is 1. The van der Waals surface area contributed by atoms with E-state index in [0.29, 0.717) is 11.8 Å². The maximum absolute atomic E-state index is 12.5. The van der Waals surface area contributed by atoms with Gasteiger partial charge in [-0.05, 0) is 64.0 Å². The van der Waals surface area contributed by atoms with Gasteiger partial charge >= 0.3 is 0 Å². The number of rotatable bonds is 4. The Bertz CT molecular complexity index is 352. The third-order valence-corrected chi connectivity index (χ3v) is 5.65. The fourth-order valence-corrected chi connectivity index (χ4v) is 4.64. The van der Waals surface area contributed by atoms with E-state index in [-0.39, 0.29) is 23.9 Å². The standard InChI is InChI=1S/C16H29N3O/c1-11(10-19-7-3-2-4-8-19)18-16(20)14-12-5-6-13(9-12)15(14)17/h11-15H,2-10,17H2,1H3,(H,18,20). The molecule has 5 atom stereocenters. The number of carbonyl (C=O) groups excluding carboxylic acids is 1. The lowest BCUT2D eigenvalue weighted by molar-refractivity contribution is -0.127. The summed E-state index contributed by atoms with van der Waals surface area (Å²) in [6.07, 6.45) is 7.59. The van der Waals surface area contributed by atoms with E-state index in [2.05, 4.69) is 17.1 Å². The van der Waals surface area contributed by atoms with Crippen molar-refractivity contribution in [2.75, 3.05) is 19.6 Å². The molecular formula is C16H29N3O. The first-order chi connectivity index (χ1) is 9.65. The van der Waals surface area contributed by atoms with Crippen LogP contribution in [-0.2, 0) is 4.79 Å². The summed E-state index contributed by atoms with van der Waals surface area (Å²) >= 11 is 0. The summed E-state index contributed by atoms with van der Waals surface area (Å²) in [6, 6.07) is 0.350. The highest BCUT2D eigenvalue weighted by Gasteiger charge is 2.49. The molecule has 3 N–H and O–H groups in total. The van der Waals surface area contributed by atoms with Crippen molar-refractivity contribution in [2.45, 2.75) is 57.5 Å². The molecule has 2 saturated carbocycles. The minimum absolute atomic E-state index is 0.0811. The second-order valence-electron chi connectivity index (χ2n) is 7.21. The Morgan fingerprint density at radius 1 is 1.25 bits per heavy atom. The zero-order valence-electron chi connectivity index (χ0n) is 12.7. The Morgan fingerprint density at radius 2 is 1.95 bits per heavy atom. The third-order valence-electron chi connectivity index (χ3n) is 5.65. The first-order valence-electron chi connectivity index (χ1n) is 8.43. The maximum atomic E-state index is 12.5. The number of nitrogens with one attached hydrogen (secondary N) is 1. The Hall–Kier alpha value is -0.610. The third kappa shape index (κ3) is 2.86. The van der Waals surface area contributed by atoms with E-state index in [0.717, 1.165) is 6.54 Å². The second-order valence-corrected chi connectivity index (χ2v) is 7.21. The van der Waals surface area contributed by atoms with E-state index in [1.807, 2.05) is 0 Å². The molecule has 0 aromatic rings. The highest BCUT2D eigenvalue weighted by Crippen LogP contribution is 2.47. The quantitative estimate of drug-likeness (QED) is 0.817. The van der Waals surface area contributed by atoms with Gasteiger partial charge in [-0.25, -0.2) is 0 Å². The van der Waals surface area contributed by atoms with Gasteiger partial charge in [0.1, 0.15) is 0 Å². The van der Waals surface area contributed by atoms with E-state index in [1.54, 1.807) is 0 Å². The van der Waals surface area contributed by atoms with Crippen molar-refractivity contribution in [3.63, 3.8) is 0 Å². The van der Waals surface area contributed by atoms with Gasteiger partial charge in [-0.15, -0.1) is 0 Å². The monoisotopic (exact) mass is 279 g/mol. The van der Waals surface area contributed by atoms with Crippen LogP contribution in [0.3, 0.4) is 0 Å². The van der Waals surface area contributed by atoms with Crippen LogP contribution in [0.4, 0.5) is 0 Å². The van der Waals surface area contributed by atoms with Crippen molar-refractivity contribution in [1.82, 2.24) is 10.2 Å². The van der Waals surface area contributed by atoms with Crippen LogP contribution in [0.25, 0.3) is 0 Å². The SMILES string of the molecule is CC(CN1CCCCC1)NC(=O)C1C2CCC(C2)C1N. The first-order valence-corrected chi connectivity index (χ1v) is 8.43. The molecule has 2 aliphatic carbocycles. The molecule has 0 aromatic heterocycles. The van der Waals surface area contributed by atoms with E-state index in [9.17, 15) is 4.79 Å². The van der Waals surface area contributed by atoms with Gasteiger partial charge in [0.2, 0.25) is 5.91 Å². The van der Waals surface area contributed by atoms with Crippen LogP contribution in [0, 0.1) is 17.8 Å². The van der Waals surface area contributed by atoms with Crippen LogP contribution in [0.2, 0.25) is 0 Å². The van der Waals surface area contributed by atoms with Crippen LogP contribution >= 0.6 is 0 Å². The highest BCUT2D eigenvalue weighted by molar-refractivity contribution is 5.80. The number of hydrogen-bond donors (Lipinski definition) is 2. The summed E-state index contributed by atoms with van der Waals surface area (Å²) in [5.41, 5.74) is 6.25. The average molecular weight is 279 g/mol. The number of nitrogens with two attached hydrogens (primary N) is 1. The summed E-state index contributed by atoms with van der Waals surface area (Å²) in [5, 5.41) is 3.22.